The Hall–Kier alpha value is -2.27. The van der Waals surface area contributed by atoms with E-state index in [0.29, 0.717) is 6.61 Å². The zero-order valence-electron chi connectivity index (χ0n) is 15.5. The number of hydrogen-bond donors (Lipinski definition) is 0. The Bertz CT molecular complexity index is 775. The van der Waals surface area contributed by atoms with Crippen molar-refractivity contribution in [2.75, 3.05) is 33.4 Å². The number of piperidine rings is 1. The van der Waals surface area contributed by atoms with Crippen LogP contribution in [0.25, 0.3) is 11.6 Å². The summed E-state index contributed by atoms with van der Waals surface area (Å²) >= 11 is 0. The standard InChI is InChI=1S/C21H27N3O2/c1-25-19-7-6-17-12-18(15-26-21(17)13-19)20-14-22-16-24(20)11-5-10-23-8-3-2-4-9-23/h6-7,12-14,16H,2-5,8-11,15H2,1H3. The van der Waals surface area contributed by atoms with Crippen LogP contribution in [-0.2, 0) is 6.54 Å². The summed E-state index contributed by atoms with van der Waals surface area (Å²) in [6.45, 7) is 5.26. The van der Waals surface area contributed by atoms with Crippen LogP contribution >= 0.6 is 0 Å². The molecule has 2 aliphatic heterocycles. The summed E-state index contributed by atoms with van der Waals surface area (Å²) in [6, 6.07) is 5.96. The molecule has 2 aromatic rings. The number of imidazole rings is 1. The number of hydrogen-bond acceptors (Lipinski definition) is 4. The third kappa shape index (κ3) is 3.78. The van der Waals surface area contributed by atoms with Crippen molar-refractivity contribution in [3.05, 3.63) is 42.0 Å². The Morgan fingerprint density at radius 2 is 2.04 bits per heavy atom. The van der Waals surface area contributed by atoms with E-state index in [0.717, 1.165) is 35.7 Å². The predicted octanol–water partition coefficient (Wildman–Crippen LogP) is 3.70. The van der Waals surface area contributed by atoms with Gasteiger partial charge in [0.25, 0.3) is 0 Å². The molecule has 0 spiro atoms. The Kier molecular flexibility index (Phi) is 5.25. The fourth-order valence-corrected chi connectivity index (χ4v) is 3.83. The summed E-state index contributed by atoms with van der Waals surface area (Å²) in [7, 11) is 1.67. The molecule has 2 aliphatic rings. The molecule has 4 rings (SSSR count). The van der Waals surface area contributed by atoms with Gasteiger partial charge in [0.1, 0.15) is 18.1 Å². The molecule has 26 heavy (non-hydrogen) atoms. The number of ether oxygens (including phenoxy) is 2. The van der Waals surface area contributed by atoms with E-state index in [1.807, 2.05) is 30.7 Å². The van der Waals surface area contributed by atoms with Gasteiger partial charge in [-0.05, 0) is 57.1 Å². The van der Waals surface area contributed by atoms with Gasteiger partial charge in [-0.25, -0.2) is 4.98 Å². The topological polar surface area (TPSA) is 39.5 Å². The van der Waals surface area contributed by atoms with Crippen molar-refractivity contribution in [1.29, 1.82) is 0 Å². The van der Waals surface area contributed by atoms with Crippen LogP contribution in [0.2, 0.25) is 0 Å². The molecule has 138 valence electrons. The number of fused-ring (bicyclic) bond motifs is 1. The van der Waals surface area contributed by atoms with Gasteiger partial charge in [-0.1, -0.05) is 6.42 Å². The second kappa shape index (κ2) is 7.96. The Morgan fingerprint density at radius 1 is 1.15 bits per heavy atom. The zero-order chi connectivity index (χ0) is 17.8. The number of rotatable bonds is 6. The minimum Gasteiger partial charge on any atom is -0.497 e. The van der Waals surface area contributed by atoms with E-state index in [-0.39, 0.29) is 0 Å². The molecule has 0 saturated carbocycles. The highest BCUT2D eigenvalue weighted by atomic mass is 16.5. The summed E-state index contributed by atoms with van der Waals surface area (Å²) in [6.07, 6.45) is 11.3. The van der Waals surface area contributed by atoms with Crippen molar-refractivity contribution in [2.45, 2.75) is 32.2 Å². The Labute approximate surface area is 155 Å². The lowest BCUT2D eigenvalue weighted by Gasteiger charge is -2.26. The van der Waals surface area contributed by atoms with Crippen molar-refractivity contribution < 1.29 is 9.47 Å². The van der Waals surface area contributed by atoms with Gasteiger partial charge in [0.05, 0.1) is 25.3 Å². The van der Waals surface area contributed by atoms with E-state index in [1.54, 1.807) is 7.11 Å². The summed E-state index contributed by atoms with van der Waals surface area (Å²) in [5.74, 6) is 1.70. The highest BCUT2D eigenvalue weighted by molar-refractivity contribution is 5.84. The number of aromatic nitrogens is 2. The lowest BCUT2D eigenvalue weighted by molar-refractivity contribution is 0.223. The number of aryl methyl sites for hydroxylation is 1. The Balaban J connectivity index is 1.43. The fraction of sp³-hybridized carbons (Fsp3) is 0.476. The molecule has 5 nitrogen and oxygen atoms in total. The van der Waals surface area contributed by atoms with Crippen LogP contribution in [0.4, 0.5) is 0 Å². The van der Waals surface area contributed by atoms with Gasteiger partial charge in [0.15, 0.2) is 0 Å². The minimum absolute atomic E-state index is 0.567. The normalized spacial score (nSPS) is 17.3. The molecule has 0 N–H and O–H groups in total. The fourth-order valence-electron chi connectivity index (χ4n) is 3.83. The van der Waals surface area contributed by atoms with E-state index in [4.69, 9.17) is 9.47 Å². The molecule has 0 bridgehead atoms. The number of likely N-dealkylation sites (tertiary alicyclic amines) is 1. The van der Waals surface area contributed by atoms with Gasteiger partial charge in [0, 0.05) is 23.7 Å². The Morgan fingerprint density at radius 3 is 2.88 bits per heavy atom. The van der Waals surface area contributed by atoms with E-state index in [2.05, 4.69) is 20.5 Å². The highest BCUT2D eigenvalue weighted by Gasteiger charge is 2.17. The van der Waals surface area contributed by atoms with Crippen molar-refractivity contribution in [2.24, 2.45) is 0 Å². The quantitative estimate of drug-likeness (QED) is 0.794. The predicted molar refractivity (Wildman–Crippen MR) is 103 cm³/mol. The molecule has 0 radical (unpaired) electrons. The molecule has 1 saturated heterocycles. The van der Waals surface area contributed by atoms with Crippen LogP contribution in [0.3, 0.4) is 0 Å². The zero-order valence-corrected chi connectivity index (χ0v) is 15.5. The lowest BCUT2D eigenvalue weighted by Crippen LogP contribution is -2.31. The smallest absolute Gasteiger partial charge is 0.130 e. The molecule has 0 atom stereocenters. The van der Waals surface area contributed by atoms with Crippen LogP contribution < -0.4 is 9.47 Å². The van der Waals surface area contributed by atoms with E-state index in [9.17, 15) is 0 Å². The van der Waals surface area contributed by atoms with Gasteiger partial charge in [0.2, 0.25) is 0 Å². The monoisotopic (exact) mass is 353 g/mol. The number of benzene rings is 1. The average molecular weight is 353 g/mol. The van der Waals surface area contributed by atoms with Gasteiger partial charge >= 0.3 is 0 Å². The number of nitrogens with zero attached hydrogens (tertiary/aromatic N) is 3. The molecular formula is C21H27N3O2. The van der Waals surface area contributed by atoms with Crippen LogP contribution in [0.5, 0.6) is 11.5 Å². The van der Waals surface area contributed by atoms with E-state index in [1.165, 1.54) is 44.5 Å². The second-order valence-electron chi connectivity index (χ2n) is 7.09. The maximum absolute atomic E-state index is 5.96. The van der Waals surface area contributed by atoms with Crippen LogP contribution in [0.1, 0.15) is 36.9 Å². The summed E-state index contributed by atoms with van der Waals surface area (Å²) in [5.41, 5.74) is 3.43. The SMILES string of the molecule is COc1ccc2c(c1)OCC(c1cncn1CCCN1CCCCC1)=C2. The molecule has 1 fully saturated rings. The van der Waals surface area contributed by atoms with E-state index >= 15 is 0 Å². The summed E-state index contributed by atoms with van der Waals surface area (Å²) < 4.78 is 13.5. The maximum atomic E-state index is 5.96. The highest BCUT2D eigenvalue weighted by Crippen LogP contribution is 2.33. The van der Waals surface area contributed by atoms with Gasteiger partial charge in [-0.3, -0.25) is 0 Å². The largest absolute Gasteiger partial charge is 0.497 e. The molecule has 0 unspecified atom stereocenters. The maximum Gasteiger partial charge on any atom is 0.130 e. The molecule has 3 heterocycles. The first-order valence-corrected chi connectivity index (χ1v) is 9.58. The molecule has 1 aromatic carbocycles. The average Bonchev–Trinajstić information content (AvgIpc) is 3.16. The molecule has 0 amide bonds. The molecule has 0 aliphatic carbocycles. The van der Waals surface area contributed by atoms with Crippen LogP contribution in [0, 0.1) is 0 Å². The van der Waals surface area contributed by atoms with Crippen LogP contribution in [-0.4, -0.2) is 47.8 Å². The molecular weight excluding hydrogens is 326 g/mol. The van der Waals surface area contributed by atoms with Gasteiger partial charge in [-0.15, -0.1) is 0 Å². The van der Waals surface area contributed by atoms with Crippen molar-refractivity contribution in [3.63, 3.8) is 0 Å². The first-order valence-electron chi connectivity index (χ1n) is 9.58. The summed E-state index contributed by atoms with van der Waals surface area (Å²) in [5, 5.41) is 0. The second-order valence-corrected chi connectivity index (χ2v) is 7.09. The first kappa shape index (κ1) is 17.2. The van der Waals surface area contributed by atoms with Crippen molar-refractivity contribution in [3.8, 4) is 11.5 Å². The minimum atomic E-state index is 0.567. The van der Waals surface area contributed by atoms with Crippen molar-refractivity contribution in [1.82, 2.24) is 14.5 Å². The summed E-state index contributed by atoms with van der Waals surface area (Å²) in [4.78, 5) is 6.97. The van der Waals surface area contributed by atoms with Crippen molar-refractivity contribution >= 4 is 11.6 Å². The molecule has 5 heteroatoms. The number of methoxy groups -OCH3 is 1. The third-order valence-electron chi connectivity index (χ3n) is 5.30. The van der Waals surface area contributed by atoms with Gasteiger partial charge < -0.3 is 18.9 Å². The van der Waals surface area contributed by atoms with Gasteiger partial charge in [-0.2, -0.15) is 0 Å². The van der Waals surface area contributed by atoms with E-state index < -0.39 is 0 Å². The first-order chi connectivity index (χ1) is 12.8. The molecule has 1 aromatic heterocycles. The lowest BCUT2D eigenvalue weighted by atomic mass is 10.1. The third-order valence-corrected chi connectivity index (χ3v) is 5.30. The van der Waals surface area contributed by atoms with Crippen LogP contribution in [0.15, 0.2) is 30.7 Å².